The molecular weight excluding hydrogens is 347 g/mol. The zero-order chi connectivity index (χ0) is 19.5. The largest absolute Gasteiger partial charge is 0.416 e. The first-order valence-corrected chi connectivity index (χ1v) is 8.36. The van der Waals surface area contributed by atoms with Gasteiger partial charge in [-0.3, -0.25) is 9.36 Å². The molecular formula is C18H24F3N3O2. The van der Waals surface area contributed by atoms with E-state index in [9.17, 15) is 18.0 Å². The average molecular weight is 371 g/mol. The summed E-state index contributed by atoms with van der Waals surface area (Å²) < 4.78 is 45.9. The van der Waals surface area contributed by atoms with Gasteiger partial charge in [0.1, 0.15) is 12.4 Å². The highest BCUT2D eigenvalue weighted by atomic mass is 19.4. The van der Waals surface area contributed by atoms with Crippen LogP contribution in [-0.2, 0) is 24.1 Å². The molecule has 0 amide bonds. The van der Waals surface area contributed by atoms with Crippen molar-refractivity contribution in [3.05, 3.63) is 39.9 Å². The van der Waals surface area contributed by atoms with Crippen molar-refractivity contribution in [1.82, 2.24) is 14.9 Å². The van der Waals surface area contributed by atoms with E-state index in [1.165, 1.54) is 10.6 Å². The van der Waals surface area contributed by atoms with Crippen LogP contribution in [-0.4, -0.2) is 29.8 Å². The first-order chi connectivity index (χ1) is 12.0. The fourth-order valence-electron chi connectivity index (χ4n) is 2.53. The second-order valence-electron chi connectivity index (χ2n) is 7.37. The Morgan fingerprint density at radius 1 is 1.23 bits per heavy atom. The molecule has 1 aromatic heterocycles. The number of halogens is 3. The summed E-state index contributed by atoms with van der Waals surface area (Å²) in [6.45, 7) is 7.36. The number of nitrogens with one attached hydrogen (secondary N) is 1. The molecule has 0 aliphatic carbocycles. The van der Waals surface area contributed by atoms with E-state index in [1.54, 1.807) is 7.05 Å². The summed E-state index contributed by atoms with van der Waals surface area (Å²) in [7, 11) is 1.80. The number of alkyl halides is 3. The Hall–Kier alpha value is -1.93. The fourth-order valence-corrected chi connectivity index (χ4v) is 2.53. The summed E-state index contributed by atoms with van der Waals surface area (Å²) in [4.78, 5) is 17.3. The number of hydrogen-bond donors (Lipinski definition) is 1. The van der Waals surface area contributed by atoms with Crippen LogP contribution in [0.5, 0.6) is 0 Å². The van der Waals surface area contributed by atoms with Crippen LogP contribution in [0.2, 0.25) is 0 Å². The third kappa shape index (κ3) is 5.04. The quantitative estimate of drug-likeness (QED) is 0.793. The second kappa shape index (κ2) is 7.75. The topological polar surface area (TPSA) is 56.1 Å². The molecule has 0 aliphatic rings. The van der Waals surface area contributed by atoms with Crippen molar-refractivity contribution in [2.24, 2.45) is 5.41 Å². The molecule has 0 atom stereocenters. The minimum Gasteiger partial charge on any atom is -0.372 e. The maximum atomic E-state index is 13.0. The first kappa shape index (κ1) is 20.4. The van der Waals surface area contributed by atoms with E-state index in [0.29, 0.717) is 25.5 Å². The monoisotopic (exact) mass is 371 g/mol. The SMILES string of the molecule is CNCCOCc1nc2ccc(C(F)(F)F)cc2c(=O)n1CC(C)(C)C. The summed E-state index contributed by atoms with van der Waals surface area (Å²) in [5, 5.41) is 2.91. The van der Waals surface area contributed by atoms with Crippen LogP contribution in [0.15, 0.2) is 23.0 Å². The lowest BCUT2D eigenvalue weighted by Crippen LogP contribution is -2.31. The summed E-state index contributed by atoms with van der Waals surface area (Å²) in [5.74, 6) is 0.410. The van der Waals surface area contributed by atoms with E-state index < -0.39 is 17.3 Å². The normalized spacial score (nSPS) is 12.7. The van der Waals surface area contributed by atoms with Crippen LogP contribution in [0, 0.1) is 5.41 Å². The number of hydrogen-bond acceptors (Lipinski definition) is 4. The summed E-state index contributed by atoms with van der Waals surface area (Å²) in [5.41, 5.74) is -1.35. The van der Waals surface area contributed by atoms with E-state index >= 15 is 0 Å². The van der Waals surface area contributed by atoms with Gasteiger partial charge in [0.25, 0.3) is 5.56 Å². The number of likely N-dealkylation sites (N-methyl/N-ethyl adjacent to an activating group) is 1. The number of nitrogens with zero attached hydrogens (tertiary/aromatic N) is 2. The van der Waals surface area contributed by atoms with Crippen molar-refractivity contribution < 1.29 is 17.9 Å². The molecule has 0 fully saturated rings. The third-order valence-corrected chi connectivity index (χ3v) is 3.72. The molecule has 2 aromatic rings. The van der Waals surface area contributed by atoms with Gasteiger partial charge in [0, 0.05) is 13.1 Å². The fraction of sp³-hybridized carbons (Fsp3) is 0.556. The van der Waals surface area contributed by atoms with E-state index in [2.05, 4.69) is 10.3 Å². The van der Waals surface area contributed by atoms with Crippen molar-refractivity contribution in [3.63, 3.8) is 0 Å². The zero-order valence-corrected chi connectivity index (χ0v) is 15.4. The lowest BCUT2D eigenvalue weighted by molar-refractivity contribution is -0.137. The van der Waals surface area contributed by atoms with Crippen molar-refractivity contribution in [2.75, 3.05) is 20.2 Å². The van der Waals surface area contributed by atoms with Gasteiger partial charge in [-0.1, -0.05) is 20.8 Å². The summed E-state index contributed by atoms with van der Waals surface area (Å²) >= 11 is 0. The number of ether oxygens (including phenoxy) is 1. The standard InChI is InChI=1S/C18H24F3N3O2/c1-17(2,3)11-24-15(10-26-8-7-22-4)23-14-6-5-12(18(19,20)21)9-13(14)16(24)25/h5-6,9,22H,7-8,10-11H2,1-4H3. The molecule has 0 radical (unpaired) electrons. The van der Waals surface area contributed by atoms with E-state index in [4.69, 9.17) is 4.74 Å². The number of aromatic nitrogens is 2. The van der Waals surface area contributed by atoms with Crippen LogP contribution in [0.3, 0.4) is 0 Å². The molecule has 26 heavy (non-hydrogen) atoms. The highest BCUT2D eigenvalue weighted by Gasteiger charge is 2.31. The molecule has 1 N–H and O–H groups in total. The van der Waals surface area contributed by atoms with Gasteiger partial charge in [0.15, 0.2) is 0 Å². The molecule has 144 valence electrons. The van der Waals surface area contributed by atoms with E-state index in [1.807, 2.05) is 20.8 Å². The predicted octanol–water partition coefficient (Wildman–Crippen LogP) is 3.20. The molecule has 0 saturated carbocycles. The van der Waals surface area contributed by atoms with Gasteiger partial charge in [-0.2, -0.15) is 13.2 Å². The minimum absolute atomic E-state index is 0.0388. The molecule has 8 heteroatoms. The Kier molecular flexibility index (Phi) is 6.08. The Balaban J connectivity index is 2.55. The van der Waals surface area contributed by atoms with Gasteiger partial charge < -0.3 is 10.1 Å². The predicted molar refractivity (Wildman–Crippen MR) is 94.0 cm³/mol. The van der Waals surface area contributed by atoms with Gasteiger partial charge in [-0.05, 0) is 30.7 Å². The molecule has 0 bridgehead atoms. The van der Waals surface area contributed by atoms with Gasteiger partial charge >= 0.3 is 6.18 Å². The smallest absolute Gasteiger partial charge is 0.372 e. The molecule has 1 heterocycles. The summed E-state index contributed by atoms with van der Waals surface area (Å²) in [6.07, 6.45) is -4.51. The van der Waals surface area contributed by atoms with Gasteiger partial charge in [0.2, 0.25) is 0 Å². The van der Waals surface area contributed by atoms with Crippen LogP contribution < -0.4 is 10.9 Å². The minimum atomic E-state index is -4.51. The van der Waals surface area contributed by atoms with Crippen LogP contribution >= 0.6 is 0 Å². The Bertz CT molecular complexity index is 823. The maximum absolute atomic E-state index is 13.0. The average Bonchev–Trinajstić information content (AvgIpc) is 2.52. The number of rotatable bonds is 6. The zero-order valence-electron chi connectivity index (χ0n) is 15.4. The highest BCUT2D eigenvalue weighted by molar-refractivity contribution is 5.78. The molecule has 0 saturated heterocycles. The molecule has 1 aromatic carbocycles. The maximum Gasteiger partial charge on any atom is 0.416 e. The van der Waals surface area contributed by atoms with Crippen LogP contribution in [0.1, 0.15) is 32.2 Å². The van der Waals surface area contributed by atoms with E-state index in [0.717, 1.165) is 12.1 Å². The lowest BCUT2D eigenvalue weighted by Gasteiger charge is -2.22. The van der Waals surface area contributed by atoms with Crippen molar-refractivity contribution in [1.29, 1.82) is 0 Å². The number of fused-ring (bicyclic) bond motifs is 1. The Morgan fingerprint density at radius 2 is 1.92 bits per heavy atom. The highest BCUT2D eigenvalue weighted by Crippen LogP contribution is 2.30. The van der Waals surface area contributed by atoms with Gasteiger partial charge in [-0.15, -0.1) is 0 Å². The van der Waals surface area contributed by atoms with Gasteiger partial charge in [0.05, 0.1) is 23.1 Å². The van der Waals surface area contributed by atoms with Gasteiger partial charge in [-0.25, -0.2) is 4.98 Å². The molecule has 2 rings (SSSR count). The summed E-state index contributed by atoms with van der Waals surface area (Å²) in [6, 6.07) is 3.04. The molecule has 0 unspecified atom stereocenters. The Labute approximate surface area is 150 Å². The van der Waals surface area contributed by atoms with Crippen LogP contribution in [0.25, 0.3) is 10.9 Å². The third-order valence-electron chi connectivity index (χ3n) is 3.72. The number of benzene rings is 1. The Morgan fingerprint density at radius 3 is 2.50 bits per heavy atom. The molecule has 0 spiro atoms. The molecule has 5 nitrogen and oxygen atoms in total. The van der Waals surface area contributed by atoms with E-state index in [-0.39, 0.29) is 22.9 Å². The van der Waals surface area contributed by atoms with Crippen LogP contribution in [0.4, 0.5) is 13.2 Å². The first-order valence-electron chi connectivity index (χ1n) is 8.36. The lowest BCUT2D eigenvalue weighted by atomic mass is 9.96. The second-order valence-corrected chi connectivity index (χ2v) is 7.37. The molecule has 0 aliphatic heterocycles. The van der Waals surface area contributed by atoms with Crippen molar-refractivity contribution in [2.45, 2.75) is 40.1 Å². The van der Waals surface area contributed by atoms with Crippen molar-refractivity contribution >= 4 is 10.9 Å². The van der Waals surface area contributed by atoms with Crippen molar-refractivity contribution in [3.8, 4) is 0 Å².